The second kappa shape index (κ2) is 10.8. The molecule has 2 aliphatic rings. The van der Waals surface area contributed by atoms with Crippen LogP contribution in [-0.4, -0.2) is 41.3 Å². The molecule has 166 valence electrons. The molecule has 0 saturated carbocycles. The lowest BCUT2D eigenvalue weighted by molar-refractivity contribution is 0.444. The molecule has 0 bridgehead atoms. The molecule has 0 spiro atoms. The molecule has 1 aromatic carbocycles. The number of anilines is 3. The van der Waals surface area contributed by atoms with Crippen LogP contribution in [0.25, 0.3) is 0 Å². The number of thiocarbonyl (C=S) groups is 1. The van der Waals surface area contributed by atoms with Gasteiger partial charge in [-0.3, -0.25) is 0 Å². The molecule has 2 aromatic rings. The molecule has 0 amide bonds. The highest BCUT2D eigenvalue weighted by Crippen LogP contribution is 2.27. The Morgan fingerprint density at radius 1 is 0.968 bits per heavy atom. The van der Waals surface area contributed by atoms with E-state index in [4.69, 9.17) is 22.2 Å². The SMILES string of the molecule is CC1CCCN(c2cc(N3CCCCCC3)nc(NC(=S)NCc3ccccc3)n2)C1. The van der Waals surface area contributed by atoms with Crippen molar-refractivity contribution in [2.75, 3.05) is 41.3 Å². The first kappa shape index (κ1) is 21.8. The first-order chi connectivity index (χ1) is 15.2. The minimum absolute atomic E-state index is 0.551. The number of hydrogen-bond donors (Lipinski definition) is 2. The third-order valence-electron chi connectivity index (χ3n) is 6.13. The standard InChI is InChI=1S/C24H34N6S/c1-19-10-9-15-30(18-19)22-16-21(29-13-7-2-3-8-14-29)26-23(27-22)28-24(31)25-17-20-11-5-4-6-12-20/h4-6,11-12,16,19H,2-3,7-10,13-15,17-18H2,1H3,(H2,25,26,27,28,31). The molecule has 0 radical (unpaired) electrons. The average Bonchev–Trinajstić information content (AvgIpc) is 3.08. The van der Waals surface area contributed by atoms with E-state index in [2.05, 4.69) is 45.6 Å². The zero-order chi connectivity index (χ0) is 21.5. The second-order valence-corrected chi connectivity index (χ2v) is 9.20. The van der Waals surface area contributed by atoms with Crippen molar-refractivity contribution in [1.29, 1.82) is 0 Å². The summed E-state index contributed by atoms with van der Waals surface area (Å²) in [5.74, 6) is 3.29. The Morgan fingerprint density at radius 3 is 2.35 bits per heavy atom. The van der Waals surface area contributed by atoms with Crippen molar-refractivity contribution in [3.05, 3.63) is 42.0 Å². The maximum Gasteiger partial charge on any atom is 0.232 e. The fourth-order valence-electron chi connectivity index (χ4n) is 4.42. The van der Waals surface area contributed by atoms with E-state index in [1.807, 2.05) is 18.2 Å². The molecule has 1 aromatic heterocycles. The number of hydrogen-bond acceptors (Lipinski definition) is 5. The van der Waals surface area contributed by atoms with Crippen LogP contribution in [-0.2, 0) is 6.54 Å². The fourth-order valence-corrected chi connectivity index (χ4v) is 4.59. The second-order valence-electron chi connectivity index (χ2n) is 8.80. The van der Waals surface area contributed by atoms with E-state index in [0.29, 0.717) is 23.5 Å². The van der Waals surface area contributed by atoms with E-state index >= 15 is 0 Å². The van der Waals surface area contributed by atoms with Crippen LogP contribution in [0, 0.1) is 5.92 Å². The first-order valence-corrected chi connectivity index (χ1v) is 12.1. The van der Waals surface area contributed by atoms with Gasteiger partial charge in [0.25, 0.3) is 0 Å². The average molecular weight is 439 g/mol. The Kier molecular flexibility index (Phi) is 7.57. The molecule has 31 heavy (non-hydrogen) atoms. The van der Waals surface area contributed by atoms with Crippen molar-refractivity contribution in [2.45, 2.75) is 52.0 Å². The van der Waals surface area contributed by atoms with Crippen LogP contribution in [0.3, 0.4) is 0 Å². The van der Waals surface area contributed by atoms with Gasteiger partial charge in [0.05, 0.1) is 0 Å². The van der Waals surface area contributed by atoms with Crippen molar-refractivity contribution in [2.24, 2.45) is 5.92 Å². The summed E-state index contributed by atoms with van der Waals surface area (Å²) in [4.78, 5) is 14.5. The Balaban J connectivity index is 1.51. The topological polar surface area (TPSA) is 56.3 Å². The molecule has 2 N–H and O–H groups in total. The predicted octanol–water partition coefficient (Wildman–Crippen LogP) is 4.58. The van der Waals surface area contributed by atoms with Crippen LogP contribution >= 0.6 is 12.2 Å². The summed E-state index contributed by atoms with van der Waals surface area (Å²) in [5, 5.41) is 7.07. The van der Waals surface area contributed by atoms with Gasteiger partial charge in [0.2, 0.25) is 5.95 Å². The number of nitrogens with one attached hydrogen (secondary N) is 2. The highest BCUT2D eigenvalue weighted by molar-refractivity contribution is 7.80. The Morgan fingerprint density at radius 2 is 1.65 bits per heavy atom. The molecule has 3 heterocycles. The molecule has 6 nitrogen and oxygen atoms in total. The van der Waals surface area contributed by atoms with Crippen LogP contribution in [0.5, 0.6) is 0 Å². The highest BCUT2D eigenvalue weighted by Gasteiger charge is 2.21. The summed E-state index contributed by atoms with van der Waals surface area (Å²) >= 11 is 5.55. The Labute approximate surface area is 191 Å². The van der Waals surface area contributed by atoms with Crippen molar-refractivity contribution < 1.29 is 0 Å². The van der Waals surface area contributed by atoms with Crippen molar-refractivity contribution in [3.8, 4) is 0 Å². The maximum absolute atomic E-state index is 5.55. The number of rotatable bonds is 5. The minimum Gasteiger partial charge on any atom is -0.358 e. The normalized spacial score (nSPS) is 19.6. The van der Waals surface area contributed by atoms with Crippen molar-refractivity contribution in [3.63, 3.8) is 0 Å². The summed E-state index contributed by atoms with van der Waals surface area (Å²) in [6.07, 6.45) is 7.55. The summed E-state index contributed by atoms with van der Waals surface area (Å²) in [6.45, 7) is 7.22. The third kappa shape index (κ3) is 6.29. The van der Waals surface area contributed by atoms with E-state index in [0.717, 1.165) is 37.8 Å². The molecule has 1 atom stereocenters. The summed E-state index contributed by atoms with van der Waals surface area (Å²) < 4.78 is 0. The Bertz CT molecular complexity index is 830. The summed E-state index contributed by atoms with van der Waals surface area (Å²) in [6, 6.07) is 12.4. The zero-order valence-electron chi connectivity index (χ0n) is 18.5. The number of aromatic nitrogens is 2. The lowest BCUT2D eigenvalue weighted by atomic mass is 10.0. The van der Waals surface area contributed by atoms with Crippen molar-refractivity contribution in [1.82, 2.24) is 15.3 Å². The van der Waals surface area contributed by atoms with E-state index in [1.54, 1.807) is 0 Å². The predicted molar refractivity (Wildman–Crippen MR) is 133 cm³/mol. The fraction of sp³-hybridized carbons (Fsp3) is 0.542. The van der Waals surface area contributed by atoms with Crippen LogP contribution < -0.4 is 20.4 Å². The van der Waals surface area contributed by atoms with Gasteiger partial charge in [-0.05, 0) is 49.4 Å². The number of nitrogens with zero attached hydrogens (tertiary/aromatic N) is 4. The number of benzene rings is 1. The van der Waals surface area contributed by atoms with Crippen LogP contribution in [0.2, 0.25) is 0 Å². The lowest BCUT2D eigenvalue weighted by Gasteiger charge is -2.33. The van der Waals surface area contributed by atoms with Gasteiger partial charge >= 0.3 is 0 Å². The molecule has 0 aliphatic carbocycles. The third-order valence-corrected chi connectivity index (χ3v) is 6.38. The molecule has 1 unspecified atom stereocenters. The lowest BCUT2D eigenvalue weighted by Crippen LogP contribution is -2.36. The van der Waals surface area contributed by atoms with E-state index in [9.17, 15) is 0 Å². The van der Waals surface area contributed by atoms with Crippen LogP contribution in [0.1, 0.15) is 51.0 Å². The van der Waals surface area contributed by atoms with Crippen LogP contribution in [0.4, 0.5) is 17.6 Å². The smallest absolute Gasteiger partial charge is 0.232 e. The molecule has 2 aliphatic heterocycles. The van der Waals surface area contributed by atoms with E-state index in [1.165, 1.54) is 44.1 Å². The molecular weight excluding hydrogens is 404 g/mol. The maximum atomic E-state index is 5.55. The van der Waals surface area contributed by atoms with Gasteiger partial charge in [0.15, 0.2) is 5.11 Å². The first-order valence-electron chi connectivity index (χ1n) is 11.6. The van der Waals surface area contributed by atoms with Gasteiger partial charge in [-0.15, -0.1) is 0 Å². The summed E-state index contributed by atoms with van der Waals surface area (Å²) in [7, 11) is 0. The Hall–Kier alpha value is -2.41. The molecule has 4 rings (SSSR count). The van der Waals surface area contributed by atoms with E-state index in [-0.39, 0.29) is 0 Å². The van der Waals surface area contributed by atoms with E-state index < -0.39 is 0 Å². The zero-order valence-corrected chi connectivity index (χ0v) is 19.3. The molecule has 2 saturated heterocycles. The van der Waals surface area contributed by atoms with Gasteiger partial charge in [0, 0.05) is 38.8 Å². The largest absolute Gasteiger partial charge is 0.358 e. The monoisotopic (exact) mass is 438 g/mol. The minimum atomic E-state index is 0.551. The van der Waals surface area contributed by atoms with Gasteiger partial charge < -0.3 is 20.4 Å². The molecule has 2 fully saturated rings. The quantitative estimate of drug-likeness (QED) is 0.663. The van der Waals surface area contributed by atoms with Crippen molar-refractivity contribution >= 4 is 34.9 Å². The van der Waals surface area contributed by atoms with Crippen LogP contribution in [0.15, 0.2) is 36.4 Å². The van der Waals surface area contributed by atoms with Gasteiger partial charge in [-0.25, -0.2) is 0 Å². The van der Waals surface area contributed by atoms with Gasteiger partial charge in [0.1, 0.15) is 11.6 Å². The molecular formula is C24H34N6S. The molecule has 7 heteroatoms. The number of piperidine rings is 1. The highest BCUT2D eigenvalue weighted by atomic mass is 32.1. The van der Waals surface area contributed by atoms with Gasteiger partial charge in [-0.2, -0.15) is 9.97 Å². The van der Waals surface area contributed by atoms with Gasteiger partial charge in [-0.1, -0.05) is 50.1 Å². The summed E-state index contributed by atoms with van der Waals surface area (Å²) in [5.41, 5.74) is 1.19.